The van der Waals surface area contributed by atoms with Gasteiger partial charge in [0.1, 0.15) is 12.2 Å². The lowest BCUT2D eigenvalue weighted by atomic mass is 9.33. The quantitative estimate of drug-likeness (QED) is 0.0725. The van der Waals surface area contributed by atoms with Crippen LogP contribution in [0.1, 0.15) is 141 Å². The number of hydrogen-bond acceptors (Lipinski definition) is 18. The number of hydrogen-bond donors (Lipinski definition) is 3. The number of para-hydroxylation sites is 3. The molecule has 21 heteroatoms. The Bertz CT molecular complexity index is 3320. The van der Waals surface area contributed by atoms with Gasteiger partial charge in [-0.25, -0.2) is 0 Å². The molecule has 0 bridgehead atoms. The van der Waals surface area contributed by atoms with Crippen molar-refractivity contribution in [3.63, 3.8) is 0 Å². The molecule has 3 aromatic rings. The van der Waals surface area contributed by atoms with Crippen molar-refractivity contribution >= 4 is 70.4 Å². The minimum absolute atomic E-state index is 0.000663. The molecule has 91 heavy (non-hydrogen) atoms. The normalized spacial score (nSPS) is 37.1. The van der Waals surface area contributed by atoms with Crippen molar-refractivity contribution in [2.24, 2.45) is 50.2 Å². The lowest BCUT2D eigenvalue weighted by molar-refractivity contribution is -0.354. The van der Waals surface area contributed by atoms with Crippen molar-refractivity contribution in [1.29, 1.82) is 0 Å². The summed E-state index contributed by atoms with van der Waals surface area (Å²) in [7, 11) is 0. The number of anilines is 3. The van der Waals surface area contributed by atoms with Crippen molar-refractivity contribution < 1.29 is 85.8 Å². The first-order valence-corrected chi connectivity index (χ1v) is 31.7. The summed E-state index contributed by atoms with van der Waals surface area (Å²) in [4.78, 5) is 126. The lowest BCUT2D eigenvalue weighted by Gasteiger charge is -2.70. The molecule has 7 aliphatic rings. The van der Waals surface area contributed by atoms with Crippen LogP contribution in [-0.4, -0.2) is 121 Å². The highest BCUT2D eigenvalue weighted by molar-refractivity contribution is 5.98. The van der Waals surface area contributed by atoms with Gasteiger partial charge in [0, 0.05) is 63.0 Å². The number of carbonyl (C=O) groups excluding carboxylic acids is 9. The van der Waals surface area contributed by atoms with Crippen LogP contribution < -0.4 is 16.0 Å². The first kappa shape index (κ1) is 66.6. The minimum atomic E-state index is -1.93. The van der Waals surface area contributed by atoms with Crippen molar-refractivity contribution in [3.05, 3.63) is 103 Å². The molecule has 2 saturated heterocycles. The van der Waals surface area contributed by atoms with Crippen LogP contribution in [0.3, 0.4) is 0 Å². The number of rotatable bonds is 15. The molecule has 490 valence electrons. The third-order valence-electron chi connectivity index (χ3n) is 21.8. The number of nitrogens with one attached hydrogen (secondary N) is 3. The SMILES string of the molecule is CC(=O)OC1OC(C(=O)Nc2ccccc2)C(OC2C(OC3CCC4(C)C(CCC5(C)C4C(=O)C=C4C6CC(C)(C(=O)Nc7ccccc7)CCC6(C)CCC45C)C3(C)C)OC(C(=O)Nc3ccccc3)C(OC(C)=O)C2OC(C)=O)C(OC(C)=O)C1OC(C)=O. The van der Waals surface area contributed by atoms with Gasteiger partial charge in [0.25, 0.3) is 11.8 Å². The number of carbonyl (C=O) groups is 9. The maximum atomic E-state index is 15.7. The average molecular weight is 1260 g/mol. The van der Waals surface area contributed by atoms with Crippen LogP contribution in [0.4, 0.5) is 17.1 Å². The minimum Gasteiger partial charge on any atom is -0.455 e. The van der Waals surface area contributed by atoms with Gasteiger partial charge in [-0.2, -0.15) is 0 Å². The van der Waals surface area contributed by atoms with E-state index in [9.17, 15) is 38.4 Å². The third-order valence-corrected chi connectivity index (χ3v) is 21.8. The number of esters is 5. The highest BCUT2D eigenvalue weighted by Crippen LogP contribution is 2.75. The molecule has 3 N–H and O–H groups in total. The molecule has 19 atom stereocenters. The van der Waals surface area contributed by atoms with E-state index in [1.807, 2.05) is 36.4 Å². The summed E-state index contributed by atoms with van der Waals surface area (Å²) in [5.41, 5.74) is -0.540. The Morgan fingerprint density at radius 2 is 0.956 bits per heavy atom. The van der Waals surface area contributed by atoms with Gasteiger partial charge in [0.2, 0.25) is 18.3 Å². The molecule has 6 fully saturated rings. The van der Waals surface area contributed by atoms with Crippen LogP contribution in [0.25, 0.3) is 0 Å². The molecule has 5 aliphatic carbocycles. The topological polar surface area (TPSA) is 273 Å². The van der Waals surface area contributed by atoms with Gasteiger partial charge in [0.15, 0.2) is 42.6 Å². The lowest BCUT2D eigenvalue weighted by Crippen LogP contribution is -2.70. The second-order valence-electron chi connectivity index (χ2n) is 28.1. The Morgan fingerprint density at radius 1 is 0.484 bits per heavy atom. The van der Waals surface area contributed by atoms with E-state index in [2.05, 4.69) is 64.4 Å². The summed E-state index contributed by atoms with van der Waals surface area (Å²) in [5.74, 6) is -6.99. The van der Waals surface area contributed by atoms with Gasteiger partial charge >= 0.3 is 29.8 Å². The van der Waals surface area contributed by atoms with E-state index in [1.165, 1.54) is 0 Å². The molecule has 10 rings (SSSR count). The molecule has 2 heterocycles. The number of fused-ring (bicyclic) bond motifs is 7. The fourth-order valence-corrected chi connectivity index (χ4v) is 17.2. The van der Waals surface area contributed by atoms with Gasteiger partial charge in [-0.15, -0.1) is 0 Å². The molecule has 0 aromatic heterocycles. The maximum absolute atomic E-state index is 15.7. The van der Waals surface area contributed by atoms with Gasteiger partial charge < -0.3 is 58.6 Å². The average Bonchev–Trinajstić information content (AvgIpc) is 0.674. The molecule has 19 unspecified atom stereocenters. The summed E-state index contributed by atoms with van der Waals surface area (Å²) in [6.07, 6.45) is -11.0. The Balaban J connectivity index is 1.03. The number of ether oxygens (including phenoxy) is 9. The van der Waals surface area contributed by atoms with Crippen LogP contribution in [0, 0.1) is 50.2 Å². The standard InChI is InChI=1S/C70H87N3O18/c1-38(74)83-51-53(84-39(2)75)58(89-52-54(85-40(3)76)57(86-41(4)77)62(87-42(5)78)90-56(52)61(81)72-44-24-18-14-19-25-44)63(91-55(51)60(80)71-43-22-16-13-17-23-43)88-50-29-30-68(10)49(65(50,6)7)28-31-70(12)59(68)48(79)36-46-47-37-67(9,64(82)73-45-26-20-15-21-27-45)33-32-66(47,8)34-35-69(46,70)11/h13-27,36,47,49-59,62-63H,28-35,37H2,1-12H3,(H,71,80)(H,72,81)(H,73,82). The molecule has 3 amide bonds. The highest BCUT2D eigenvalue weighted by Gasteiger charge is 2.71. The Hall–Kier alpha value is -7.33. The summed E-state index contributed by atoms with van der Waals surface area (Å²) in [5, 5.41) is 8.76. The largest absolute Gasteiger partial charge is 0.455 e. The van der Waals surface area contributed by atoms with Crippen LogP contribution in [-0.2, 0) is 85.8 Å². The zero-order valence-electron chi connectivity index (χ0n) is 54.0. The summed E-state index contributed by atoms with van der Waals surface area (Å²) in [6.45, 7) is 20.8. The Morgan fingerprint density at radius 3 is 1.49 bits per heavy atom. The molecule has 3 aromatic carbocycles. The molecule has 21 nitrogen and oxygen atoms in total. The molecule has 0 spiro atoms. The molecule has 2 aliphatic heterocycles. The van der Waals surface area contributed by atoms with Gasteiger partial charge in [-0.3, -0.25) is 43.2 Å². The Kier molecular flexibility index (Phi) is 18.8. The number of ketones is 1. The zero-order chi connectivity index (χ0) is 65.8. The van der Waals surface area contributed by atoms with E-state index < -0.39 is 137 Å². The van der Waals surface area contributed by atoms with Crippen LogP contribution >= 0.6 is 0 Å². The second-order valence-corrected chi connectivity index (χ2v) is 28.1. The van der Waals surface area contributed by atoms with Crippen molar-refractivity contribution in [3.8, 4) is 0 Å². The van der Waals surface area contributed by atoms with Crippen molar-refractivity contribution in [2.45, 2.75) is 208 Å². The maximum Gasteiger partial charge on any atom is 0.305 e. The summed E-state index contributed by atoms with van der Waals surface area (Å²) < 4.78 is 56.6. The molecule has 4 saturated carbocycles. The predicted octanol–water partition coefficient (Wildman–Crippen LogP) is 9.76. The van der Waals surface area contributed by atoms with E-state index in [0.717, 1.165) is 71.6 Å². The van der Waals surface area contributed by atoms with E-state index in [0.29, 0.717) is 37.8 Å². The highest BCUT2D eigenvalue weighted by atomic mass is 16.8. The van der Waals surface area contributed by atoms with Crippen molar-refractivity contribution in [2.75, 3.05) is 16.0 Å². The number of benzene rings is 3. The van der Waals surface area contributed by atoms with E-state index >= 15 is 4.79 Å². The summed E-state index contributed by atoms with van der Waals surface area (Å²) in [6, 6.07) is 26.1. The van der Waals surface area contributed by atoms with Crippen LogP contribution in [0.2, 0.25) is 0 Å². The third kappa shape index (κ3) is 12.8. The number of allylic oxidation sites excluding steroid dienone is 2. The Labute approximate surface area is 531 Å². The van der Waals surface area contributed by atoms with Crippen LogP contribution in [0.5, 0.6) is 0 Å². The monoisotopic (exact) mass is 1260 g/mol. The van der Waals surface area contributed by atoms with E-state index in [-0.39, 0.29) is 40.0 Å². The fourth-order valence-electron chi connectivity index (χ4n) is 17.2. The zero-order valence-corrected chi connectivity index (χ0v) is 54.0. The van der Waals surface area contributed by atoms with Gasteiger partial charge in [-0.1, -0.05) is 109 Å². The van der Waals surface area contributed by atoms with Crippen LogP contribution in [0.15, 0.2) is 103 Å². The van der Waals surface area contributed by atoms with Crippen molar-refractivity contribution in [1.82, 2.24) is 0 Å². The predicted molar refractivity (Wildman–Crippen MR) is 329 cm³/mol. The number of amides is 3. The molecule has 0 radical (unpaired) electrons. The molecular weight excluding hydrogens is 1170 g/mol. The fraction of sp³-hybridized carbons (Fsp3) is 0.586. The van der Waals surface area contributed by atoms with Gasteiger partial charge in [0.05, 0.1) is 6.10 Å². The smallest absolute Gasteiger partial charge is 0.305 e. The van der Waals surface area contributed by atoms with E-state index in [1.54, 1.807) is 60.7 Å². The van der Waals surface area contributed by atoms with Gasteiger partial charge in [-0.05, 0) is 139 Å². The van der Waals surface area contributed by atoms with E-state index in [4.69, 9.17) is 42.6 Å². The first-order chi connectivity index (χ1) is 42.9. The molecular formula is C70H87N3O18. The first-order valence-electron chi connectivity index (χ1n) is 31.7. The second kappa shape index (κ2) is 25.6. The summed E-state index contributed by atoms with van der Waals surface area (Å²) >= 11 is 0.